The van der Waals surface area contributed by atoms with Gasteiger partial charge in [-0.3, -0.25) is 0 Å². The van der Waals surface area contributed by atoms with Crippen molar-refractivity contribution < 1.29 is 80.1 Å². The normalized spacial score (nSPS) is 23.9. The molecule has 17 nitrogen and oxygen atoms in total. The van der Waals surface area contributed by atoms with Crippen molar-refractivity contribution in [3.8, 4) is 11.5 Å². The first-order valence-corrected chi connectivity index (χ1v) is 51.3. The van der Waals surface area contributed by atoms with Crippen molar-refractivity contribution in [2.24, 2.45) is 22.7 Å². The minimum absolute atomic E-state index is 0.00773. The van der Waals surface area contributed by atoms with Crippen LogP contribution in [-0.4, -0.2) is 162 Å². The third-order valence-electron chi connectivity index (χ3n) is 25.1. The standard InChI is InChI=1S/C92H156O17Si3/c1-62(2)111(63(3)4,64(5)6)100-58-90(15,16)84-48-32-44-76(104-84)54-78(98-60-96-21)56-82(68(13)50-52-74-42-30-41-73(102-74)39-27-35-71-37-29-47-81-87(71)89(95)108-92(19,20)107-81)106-88(94)86-70(36-28-46-80(86)93)34-26-38-72-40-31-43-75(103-72)53-51-69(14)83(109-110(23,24)25)57-79(99-61-97-22)55-77-45-33-49-85(105-77)91(17,18)59-101-112(65(7)8,66(9)10)67(11)12/h27-30,32,36-37,39,42,46-48,62-69,72-79,82-85,93H,26,31,33-35,38,40-41,43-45,49-61H2,1-25H3/b39-27+/t68-,69-,72-,73-,74-,75-,76-,77-,78-,79-,82+,83+,84+,85+/m0/s1. The number of hydrogen-bond donors (Lipinski definition) is 1. The Kier molecular flexibility index (Phi) is 37.5. The van der Waals surface area contributed by atoms with E-state index in [2.05, 4.69) is 181 Å². The summed E-state index contributed by atoms with van der Waals surface area (Å²) in [7, 11) is -2.85. The lowest BCUT2D eigenvalue weighted by atomic mass is 9.82. The number of carbonyl (C=O) groups is 2. The first-order valence-electron chi connectivity index (χ1n) is 43.6. The molecule has 0 bridgehead atoms. The molecule has 0 unspecified atom stereocenters. The van der Waals surface area contributed by atoms with Gasteiger partial charge in [-0.25, -0.2) is 9.59 Å². The van der Waals surface area contributed by atoms with E-state index in [1.54, 1.807) is 34.1 Å². The number of esters is 2. The number of benzene rings is 2. The van der Waals surface area contributed by atoms with E-state index >= 15 is 4.79 Å². The number of methoxy groups -OCH3 is 2. The van der Waals surface area contributed by atoms with Crippen molar-refractivity contribution in [1.82, 2.24) is 0 Å². The molecule has 0 saturated carbocycles. The molecule has 638 valence electrons. The van der Waals surface area contributed by atoms with Gasteiger partial charge in [-0.1, -0.05) is 185 Å². The Bertz CT molecular complexity index is 3200. The molecule has 14 atom stereocenters. The highest BCUT2D eigenvalue weighted by atomic mass is 28.4. The molecule has 2 fully saturated rings. The minimum atomic E-state index is -2.15. The fourth-order valence-corrected chi connectivity index (χ4v) is 31.7. The van der Waals surface area contributed by atoms with Crippen LogP contribution in [0.4, 0.5) is 0 Å². The zero-order valence-electron chi connectivity index (χ0n) is 74.4. The number of phenolic OH excluding ortho intramolecular Hbond substituents is 1. The molecule has 5 aliphatic rings. The van der Waals surface area contributed by atoms with E-state index < -0.39 is 54.9 Å². The molecule has 0 aromatic heterocycles. The van der Waals surface area contributed by atoms with Crippen LogP contribution in [0.15, 0.2) is 72.9 Å². The van der Waals surface area contributed by atoms with E-state index in [0.29, 0.717) is 109 Å². The van der Waals surface area contributed by atoms with Crippen LogP contribution in [-0.2, 0) is 73.5 Å². The monoisotopic (exact) mass is 1620 g/mol. The third kappa shape index (κ3) is 27.5. The van der Waals surface area contributed by atoms with Crippen molar-refractivity contribution >= 4 is 36.9 Å². The maximum absolute atomic E-state index is 15.1. The summed E-state index contributed by atoms with van der Waals surface area (Å²) in [5, 5.41) is 11.8. The van der Waals surface area contributed by atoms with Gasteiger partial charge in [0.2, 0.25) is 5.79 Å². The van der Waals surface area contributed by atoms with Crippen LogP contribution >= 0.6 is 0 Å². The van der Waals surface area contributed by atoms with Crippen LogP contribution in [0, 0.1) is 22.7 Å². The molecular formula is C92H156O17Si3. The summed E-state index contributed by atoms with van der Waals surface area (Å²) >= 11 is 0. The number of phenols is 1. The number of aryl methyl sites for hydroxylation is 1. The predicted molar refractivity (Wildman–Crippen MR) is 458 cm³/mol. The number of allylic oxidation sites excluding steroid dienone is 1. The molecule has 0 spiro atoms. The van der Waals surface area contributed by atoms with E-state index in [9.17, 15) is 9.90 Å². The van der Waals surface area contributed by atoms with Crippen LogP contribution in [0.3, 0.4) is 0 Å². The van der Waals surface area contributed by atoms with Crippen LogP contribution in [0.5, 0.6) is 11.5 Å². The lowest BCUT2D eigenvalue weighted by Crippen LogP contribution is -2.51. The lowest BCUT2D eigenvalue weighted by Gasteiger charge is -2.46. The van der Waals surface area contributed by atoms with Gasteiger partial charge in [0.1, 0.15) is 42.3 Å². The summed E-state index contributed by atoms with van der Waals surface area (Å²) in [5.74, 6) is -1.45. The Morgan fingerprint density at radius 3 is 1.78 bits per heavy atom. The van der Waals surface area contributed by atoms with Gasteiger partial charge in [-0.2, -0.15) is 0 Å². The predicted octanol–water partition coefficient (Wildman–Crippen LogP) is 22.7. The van der Waals surface area contributed by atoms with E-state index in [1.165, 1.54) is 0 Å². The topological polar surface area (TPSA) is 184 Å². The minimum Gasteiger partial charge on any atom is -0.507 e. The summed E-state index contributed by atoms with van der Waals surface area (Å²) in [6, 6.07) is 11.0. The summed E-state index contributed by atoms with van der Waals surface area (Å²) < 4.78 is 92.2. The third-order valence-corrected chi connectivity index (χ3v) is 38.2. The van der Waals surface area contributed by atoms with E-state index in [4.69, 9.17) is 65.4 Å². The molecule has 0 aliphatic carbocycles. The Morgan fingerprint density at radius 2 is 1.16 bits per heavy atom. The average molecular weight is 1620 g/mol. The Balaban J connectivity index is 1.01. The second-order valence-corrected chi connectivity index (χ2v) is 54.0. The molecule has 1 N–H and O–H groups in total. The molecule has 5 heterocycles. The molecule has 112 heavy (non-hydrogen) atoms. The highest BCUT2D eigenvalue weighted by molar-refractivity contribution is 6.78. The number of rotatable bonds is 47. The second-order valence-electron chi connectivity index (χ2n) is 38.6. The molecular weight excluding hydrogens is 1460 g/mol. The number of hydrogen-bond acceptors (Lipinski definition) is 17. The summed E-state index contributed by atoms with van der Waals surface area (Å²) in [6.45, 7) is 53.7. The van der Waals surface area contributed by atoms with Crippen molar-refractivity contribution in [2.75, 3.05) is 41.0 Å². The first kappa shape index (κ1) is 95.6. The average Bonchev–Trinajstić information content (AvgIpc) is 0.794. The second kappa shape index (κ2) is 43.9. The van der Waals surface area contributed by atoms with Crippen molar-refractivity contribution in [3.63, 3.8) is 0 Å². The number of ether oxygens (including phenoxy) is 11. The van der Waals surface area contributed by atoms with Crippen molar-refractivity contribution in [1.29, 1.82) is 0 Å². The van der Waals surface area contributed by atoms with Crippen LogP contribution in [0.25, 0.3) is 0 Å². The molecule has 2 aromatic carbocycles. The number of carbonyl (C=O) groups excluding carboxylic acids is 2. The SMILES string of the molecule is COCO[C@@H](C[C@@H]1CC=C[C@H](C(C)(C)CO[Si](C(C)C)(C(C)C)C(C)C)O1)C[C@@H](OC(=O)c1c(O)cccc1CCC[C@H]1CCC[C@@H](CC[C@H](C)[C@@H](C[C@H](C[C@@H]2CCC[C@H](C(C)(C)CO[Si](C(C)C)(C(C)C)C(C)C)O2)OCOC)O[Si](C)(C)C)O1)[C@@H](C)CC[C@@H]1C=CC[C@H](/C=C/Cc2cccc3c2C(=O)OC(C)(C)O3)O1. The molecule has 5 aliphatic heterocycles. The van der Waals surface area contributed by atoms with Crippen LogP contribution in [0.1, 0.15) is 286 Å². The maximum Gasteiger partial charge on any atom is 0.345 e. The lowest BCUT2D eigenvalue weighted by molar-refractivity contribution is -0.145. The molecule has 20 heteroatoms. The fourth-order valence-electron chi connectivity index (χ4n) is 19.2. The van der Waals surface area contributed by atoms with Gasteiger partial charge in [-0.15, -0.1) is 0 Å². The molecule has 0 radical (unpaired) electrons. The summed E-state index contributed by atoms with van der Waals surface area (Å²) in [4.78, 5) is 28.3. The highest BCUT2D eigenvalue weighted by Gasteiger charge is 2.50. The van der Waals surface area contributed by atoms with E-state index in [0.717, 1.165) is 88.2 Å². The molecule has 2 aromatic rings. The molecule has 7 rings (SSSR count). The maximum atomic E-state index is 15.1. The van der Waals surface area contributed by atoms with Crippen LogP contribution in [0.2, 0.25) is 52.9 Å². The number of fused-ring (bicyclic) bond motifs is 1. The van der Waals surface area contributed by atoms with Crippen molar-refractivity contribution in [2.45, 2.75) is 399 Å². The van der Waals surface area contributed by atoms with Crippen LogP contribution < -0.4 is 4.74 Å². The Labute approximate surface area is 682 Å². The van der Waals surface area contributed by atoms with E-state index in [-0.39, 0.29) is 109 Å². The van der Waals surface area contributed by atoms with Crippen molar-refractivity contribution in [3.05, 3.63) is 95.1 Å². The molecule has 2 saturated heterocycles. The Morgan fingerprint density at radius 1 is 0.616 bits per heavy atom. The summed E-state index contributed by atoms with van der Waals surface area (Å²) in [5.41, 5.74) is 4.74. The van der Waals surface area contributed by atoms with Gasteiger partial charge in [0.25, 0.3) is 0 Å². The zero-order chi connectivity index (χ0) is 82.5. The van der Waals surface area contributed by atoms with Gasteiger partial charge < -0.3 is 70.5 Å². The number of cyclic esters (lactones) is 1. The van der Waals surface area contributed by atoms with Gasteiger partial charge >= 0.3 is 11.9 Å². The smallest absolute Gasteiger partial charge is 0.345 e. The van der Waals surface area contributed by atoms with Gasteiger partial charge in [0, 0.05) is 65.0 Å². The number of aromatic hydroxyl groups is 1. The largest absolute Gasteiger partial charge is 0.507 e. The zero-order valence-corrected chi connectivity index (χ0v) is 77.4. The quantitative estimate of drug-likeness (QED) is 0.0285. The summed E-state index contributed by atoms with van der Waals surface area (Å²) in [6.07, 6.45) is 27.4. The van der Waals surface area contributed by atoms with Gasteiger partial charge in [0.05, 0.1) is 67.1 Å². The Hall–Kier alpha value is -3.59. The van der Waals surface area contributed by atoms with E-state index in [1.807, 2.05) is 30.3 Å². The first-order chi connectivity index (χ1) is 52.7. The van der Waals surface area contributed by atoms with Gasteiger partial charge in [0.15, 0.2) is 25.0 Å². The van der Waals surface area contributed by atoms with Gasteiger partial charge in [-0.05, 0) is 204 Å². The molecule has 0 amide bonds. The highest BCUT2D eigenvalue weighted by Crippen LogP contribution is 2.47. The fraction of sp³-hybridized carbons (Fsp3) is 0.783.